The van der Waals surface area contributed by atoms with Crippen molar-refractivity contribution in [1.82, 2.24) is 0 Å². The number of hydroxylamine groups is 1. The van der Waals surface area contributed by atoms with Crippen molar-refractivity contribution in [2.24, 2.45) is 0 Å². The molecule has 0 saturated heterocycles. The number of amides is 1. The van der Waals surface area contributed by atoms with E-state index < -0.39 is 0 Å². The number of hydrogen-bond donors (Lipinski definition) is 1. The van der Waals surface area contributed by atoms with Crippen molar-refractivity contribution in [2.45, 2.75) is 13.3 Å². The molecule has 62 valence electrons. The number of fused-ring (bicyclic) bond motifs is 1. The van der Waals surface area contributed by atoms with E-state index in [-0.39, 0.29) is 5.91 Å². The Morgan fingerprint density at radius 1 is 1.50 bits per heavy atom. The zero-order chi connectivity index (χ0) is 8.72. The summed E-state index contributed by atoms with van der Waals surface area (Å²) in [6.07, 6.45) is 0.318. The van der Waals surface area contributed by atoms with Crippen molar-refractivity contribution in [3.63, 3.8) is 0 Å². The van der Waals surface area contributed by atoms with Crippen LogP contribution in [-0.4, -0.2) is 11.1 Å². The summed E-state index contributed by atoms with van der Waals surface area (Å²) < 4.78 is 0. The summed E-state index contributed by atoms with van der Waals surface area (Å²) in [6, 6.07) is 5.51. The Morgan fingerprint density at radius 2 is 2.25 bits per heavy atom. The van der Waals surface area contributed by atoms with Gasteiger partial charge < -0.3 is 0 Å². The molecular weight excluding hydrogens is 154 g/mol. The summed E-state index contributed by atoms with van der Waals surface area (Å²) >= 11 is 0. The quantitative estimate of drug-likeness (QED) is 0.585. The van der Waals surface area contributed by atoms with E-state index in [2.05, 4.69) is 0 Å². The van der Waals surface area contributed by atoms with E-state index in [9.17, 15) is 10.0 Å². The molecule has 0 spiro atoms. The monoisotopic (exact) mass is 163 g/mol. The Balaban J connectivity index is 2.60. The molecule has 0 atom stereocenters. The predicted octanol–water partition coefficient (Wildman–Crippen LogP) is 1.27. The number of carbonyl (C=O) groups excluding carboxylic acids is 1. The molecule has 3 heteroatoms. The van der Waals surface area contributed by atoms with Crippen LogP contribution < -0.4 is 5.06 Å². The number of aryl methyl sites for hydroxylation is 1. The van der Waals surface area contributed by atoms with E-state index in [1.807, 2.05) is 19.1 Å². The zero-order valence-corrected chi connectivity index (χ0v) is 6.74. The number of carbonyl (C=O) groups is 1. The topological polar surface area (TPSA) is 40.5 Å². The number of anilines is 1. The largest absolute Gasteiger partial charge is 0.281 e. The minimum atomic E-state index is -0.251. The SMILES string of the molecule is Cc1cccc2c1CC(=O)N2O. The summed E-state index contributed by atoms with van der Waals surface area (Å²) in [4.78, 5) is 11.1. The van der Waals surface area contributed by atoms with E-state index in [4.69, 9.17) is 0 Å². The average molecular weight is 163 g/mol. The maximum absolute atomic E-state index is 11.1. The van der Waals surface area contributed by atoms with Crippen LogP contribution in [0.5, 0.6) is 0 Å². The maximum Gasteiger partial charge on any atom is 0.255 e. The zero-order valence-electron chi connectivity index (χ0n) is 6.74. The summed E-state index contributed by atoms with van der Waals surface area (Å²) in [5, 5.41) is 9.98. The standard InChI is InChI=1S/C9H9NO2/c1-6-3-2-4-8-7(6)5-9(11)10(8)12/h2-4,12H,5H2,1H3. The lowest BCUT2D eigenvalue weighted by Gasteiger charge is -2.07. The third-order valence-corrected chi connectivity index (χ3v) is 2.18. The molecule has 3 nitrogen and oxygen atoms in total. The van der Waals surface area contributed by atoms with Gasteiger partial charge in [-0.2, -0.15) is 5.06 Å². The van der Waals surface area contributed by atoms with Crippen molar-refractivity contribution in [3.05, 3.63) is 29.3 Å². The third kappa shape index (κ3) is 0.833. The highest BCUT2D eigenvalue weighted by molar-refractivity contribution is 5.99. The first-order valence-electron chi connectivity index (χ1n) is 3.80. The van der Waals surface area contributed by atoms with Gasteiger partial charge in [-0.1, -0.05) is 12.1 Å². The van der Waals surface area contributed by atoms with Gasteiger partial charge in [-0.25, -0.2) is 0 Å². The fourth-order valence-electron chi connectivity index (χ4n) is 1.48. The van der Waals surface area contributed by atoms with Crippen LogP contribution in [-0.2, 0) is 11.2 Å². The highest BCUT2D eigenvalue weighted by Crippen LogP contribution is 2.29. The molecule has 1 aliphatic heterocycles. The van der Waals surface area contributed by atoms with Crippen LogP contribution in [0.2, 0.25) is 0 Å². The second-order valence-electron chi connectivity index (χ2n) is 2.95. The van der Waals surface area contributed by atoms with Crippen LogP contribution in [0.3, 0.4) is 0 Å². The Hall–Kier alpha value is -1.35. The lowest BCUT2D eigenvalue weighted by Crippen LogP contribution is -2.21. The van der Waals surface area contributed by atoms with Gasteiger partial charge in [0.2, 0.25) is 0 Å². The molecule has 12 heavy (non-hydrogen) atoms. The van der Waals surface area contributed by atoms with E-state index in [0.29, 0.717) is 12.1 Å². The van der Waals surface area contributed by atoms with Gasteiger partial charge in [0.1, 0.15) is 0 Å². The normalized spacial score (nSPS) is 15.2. The minimum absolute atomic E-state index is 0.251. The highest BCUT2D eigenvalue weighted by atomic mass is 16.5. The van der Waals surface area contributed by atoms with Gasteiger partial charge in [0.25, 0.3) is 5.91 Å². The smallest absolute Gasteiger partial charge is 0.255 e. The molecule has 0 aromatic heterocycles. The van der Waals surface area contributed by atoms with Crippen LogP contribution >= 0.6 is 0 Å². The molecule has 0 fully saturated rings. The molecule has 1 amide bonds. The fraction of sp³-hybridized carbons (Fsp3) is 0.222. The minimum Gasteiger partial charge on any atom is -0.281 e. The van der Waals surface area contributed by atoms with Crippen LogP contribution in [0.4, 0.5) is 5.69 Å². The molecule has 2 rings (SSSR count). The van der Waals surface area contributed by atoms with Gasteiger partial charge in [-0.3, -0.25) is 10.0 Å². The van der Waals surface area contributed by atoms with Gasteiger partial charge in [0.05, 0.1) is 12.1 Å². The van der Waals surface area contributed by atoms with Gasteiger partial charge in [-0.15, -0.1) is 0 Å². The molecule has 0 unspecified atom stereocenters. The van der Waals surface area contributed by atoms with E-state index in [1.54, 1.807) is 6.07 Å². The molecule has 1 aromatic carbocycles. The Kier molecular flexibility index (Phi) is 1.41. The van der Waals surface area contributed by atoms with Crippen molar-refractivity contribution in [1.29, 1.82) is 0 Å². The van der Waals surface area contributed by atoms with Gasteiger partial charge in [-0.05, 0) is 24.1 Å². The summed E-state index contributed by atoms with van der Waals surface area (Å²) in [5.74, 6) is -0.251. The molecule has 0 radical (unpaired) electrons. The van der Waals surface area contributed by atoms with Gasteiger partial charge >= 0.3 is 0 Å². The van der Waals surface area contributed by atoms with Crippen LogP contribution in [0.25, 0.3) is 0 Å². The number of rotatable bonds is 0. The molecule has 1 aromatic rings. The molecule has 0 aliphatic carbocycles. The van der Waals surface area contributed by atoms with Crippen LogP contribution in [0.15, 0.2) is 18.2 Å². The van der Waals surface area contributed by atoms with Crippen LogP contribution in [0, 0.1) is 6.92 Å². The van der Waals surface area contributed by atoms with Gasteiger partial charge in [0.15, 0.2) is 0 Å². The molecule has 1 N–H and O–H groups in total. The molecule has 1 aliphatic rings. The van der Waals surface area contributed by atoms with E-state index >= 15 is 0 Å². The third-order valence-electron chi connectivity index (χ3n) is 2.18. The second kappa shape index (κ2) is 2.32. The van der Waals surface area contributed by atoms with E-state index in [0.717, 1.165) is 16.2 Å². The predicted molar refractivity (Wildman–Crippen MR) is 44.2 cm³/mol. The summed E-state index contributed by atoms with van der Waals surface area (Å²) in [5.41, 5.74) is 2.61. The summed E-state index contributed by atoms with van der Waals surface area (Å²) in [6.45, 7) is 1.94. The fourth-order valence-corrected chi connectivity index (χ4v) is 1.48. The summed E-state index contributed by atoms with van der Waals surface area (Å²) in [7, 11) is 0. The van der Waals surface area contributed by atoms with E-state index in [1.165, 1.54) is 0 Å². The van der Waals surface area contributed by atoms with Crippen molar-refractivity contribution >= 4 is 11.6 Å². The molecule has 1 heterocycles. The lowest BCUT2D eigenvalue weighted by atomic mass is 10.1. The van der Waals surface area contributed by atoms with Crippen LogP contribution in [0.1, 0.15) is 11.1 Å². The first-order chi connectivity index (χ1) is 5.70. The lowest BCUT2D eigenvalue weighted by molar-refractivity contribution is -0.122. The van der Waals surface area contributed by atoms with Crippen molar-refractivity contribution in [3.8, 4) is 0 Å². The Bertz CT molecular complexity index is 346. The first-order valence-corrected chi connectivity index (χ1v) is 3.80. The van der Waals surface area contributed by atoms with Crippen molar-refractivity contribution in [2.75, 3.05) is 5.06 Å². The second-order valence-corrected chi connectivity index (χ2v) is 2.95. The molecular formula is C9H9NO2. The Labute approximate surface area is 70.2 Å². The highest BCUT2D eigenvalue weighted by Gasteiger charge is 2.26. The van der Waals surface area contributed by atoms with Gasteiger partial charge in [0, 0.05) is 0 Å². The molecule has 0 saturated carbocycles. The first kappa shape index (κ1) is 7.31. The molecule has 0 bridgehead atoms. The number of nitrogens with zero attached hydrogens (tertiary/aromatic N) is 1. The Morgan fingerprint density at radius 3 is 2.92 bits per heavy atom. The average Bonchev–Trinajstić information content (AvgIpc) is 2.32. The van der Waals surface area contributed by atoms with Crippen molar-refractivity contribution < 1.29 is 10.0 Å². The number of benzene rings is 1. The number of hydrogen-bond acceptors (Lipinski definition) is 2. The maximum atomic E-state index is 11.1.